The number of hydrogen-bond donors (Lipinski definition) is 3. The molecule has 0 aliphatic rings. The van der Waals surface area contributed by atoms with Gasteiger partial charge in [0.25, 0.3) is 5.91 Å². The number of hydrogen-bond acceptors (Lipinski definition) is 2. The monoisotopic (exact) mass is 390 g/mol. The Morgan fingerprint density at radius 2 is 1.85 bits per heavy atom. The van der Waals surface area contributed by atoms with Crippen molar-refractivity contribution in [3.63, 3.8) is 0 Å². The number of carbonyl (C=O) groups excluding carboxylic acids is 1. The van der Waals surface area contributed by atoms with Gasteiger partial charge in [0.2, 0.25) is 0 Å². The number of aryl methyl sites for hydroxylation is 1. The lowest BCUT2D eigenvalue weighted by atomic mass is 10.1. The molecule has 0 spiro atoms. The Kier molecular flexibility index (Phi) is 8.07. The SMILES string of the molecule is CCNC(=NCc1ccc(F)c(C)c1)NCCNC(=O)c1ccccc1Cl. The lowest BCUT2D eigenvalue weighted by Gasteiger charge is -2.12. The maximum absolute atomic E-state index is 13.3. The van der Waals surface area contributed by atoms with Gasteiger partial charge in [0.1, 0.15) is 5.82 Å². The molecule has 5 nitrogen and oxygen atoms in total. The van der Waals surface area contributed by atoms with Gasteiger partial charge in [-0.2, -0.15) is 0 Å². The van der Waals surface area contributed by atoms with E-state index in [1.807, 2.05) is 6.92 Å². The number of nitrogens with zero attached hydrogens (tertiary/aromatic N) is 1. The minimum Gasteiger partial charge on any atom is -0.357 e. The lowest BCUT2D eigenvalue weighted by molar-refractivity contribution is 0.0954. The van der Waals surface area contributed by atoms with E-state index in [1.54, 1.807) is 43.3 Å². The van der Waals surface area contributed by atoms with Crippen LogP contribution in [-0.4, -0.2) is 31.5 Å². The molecule has 0 bridgehead atoms. The minimum atomic E-state index is -0.220. The van der Waals surface area contributed by atoms with Gasteiger partial charge in [0.05, 0.1) is 17.1 Å². The van der Waals surface area contributed by atoms with E-state index in [0.29, 0.717) is 48.3 Å². The fraction of sp³-hybridized carbons (Fsp3) is 0.300. The van der Waals surface area contributed by atoms with E-state index in [1.165, 1.54) is 6.07 Å². The Morgan fingerprint density at radius 3 is 2.56 bits per heavy atom. The summed E-state index contributed by atoms with van der Waals surface area (Å²) in [6.45, 7) is 5.77. The Hall–Kier alpha value is -2.60. The van der Waals surface area contributed by atoms with Gasteiger partial charge in [-0.15, -0.1) is 0 Å². The molecule has 0 aliphatic heterocycles. The number of nitrogens with one attached hydrogen (secondary N) is 3. The second-order valence-electron chi connectivity index (χ2n) is 5.94. The fourth-order valence-corrected chi connectivity index (χ4v) is 2.64. The number of amides is 1. The molecule has 0 saturated heterocycles. The van der Waals surface area contributed by atoms with Gasteiger partial charge in [-0.3, -0.25) is 4.79 Å². The van der Waals surface area contributed by atoms with Crippen LogP contribution in [0.5, 0.6) is 0 Å². The van der Waals surface area contributed by atoms with Crippen LogP contribution in [0.3, 0.4) is 0 Å². The molecule has 0 fully saturated rings. The van der Waals surface area contributed by atoms with Gasteiger partial charge in [-0.25, -0.2) is 9.38 Å². The Morgan fingerprint density at radius 1 is 1.11 bits per heavy atom. The van der Waals surface area contributed by atoms with Crippen molar-refractivity contribution in [2.45, 2.75) is 20.4 Å². The maximum Gasteiger partial charge on any atom is 0.252 e. The summed E-state index contributed by atoms with van der Waals surface area (Å²) in [5.41, 5.74) is 1.98. The Balaban J connectivity index is 1.84. The zero-order valence-electron chi connectivity index (χ0n) is 15.5. The number of guanidine groups is 1. The van der Waals surface area contributed by atoms with Gasteiger partial charge in [0, 0.05) is 19.6 Å². The van der Waals surface area contributed by atoms with Crippen LogP contribution in [0.1, 0.15) is 28.4 Å². The summed E-state index contributed by atoms with van der Waals surface area (Å²) in [5.74, 6) is 0.194. The van der Waals surface area contributed by atoms with Crippen LogP contribution in [0.4, 0.5) is 4.39 Å². The average molecular weight is 391 g/mol. The van der Waals surface area contributed by atoms with Crippen molar-refractivity contribution in [1.82, 2.24) is 16.0 Å². The third kappa shape index (κ3) is 6.57. The van der Waals surface area contributed by atoms with Crippen LogP contribution in [0.2, 0.25) is 5.02 Å². The van der Waals surface area contributed by atoms with Gasteiger partial charge < -0.3 is 16.0 Å². The molecule has 0 aliphatic carbocycles. The van der Waals surface area contributed by atoms with E-state index in [4.69, 9.17) is 11.6 Å². The molecule has 2 aromatic rings. The van der Waals surface area contributed by atoms with Crippen LogP contribution in [0, 0.1) is 12.7 Å². The molecule has 27 heavy (non-hydrogen) atoms. The van der Waals surface area contributed by atoms with E-state index in [2.05, 4.69) is 20.9 Å². The van der Waals surface area contributed by atoms with E-state index < -0.39 is 0 Å². The second-order valence-corrected chi connectivity index (χ2v) is 6.35. The summed E-state index contributed by atoms with van der Waals surface area (Å²) in [6, 6.07) is 11.9. The quantitative estimate of drug-likeness (QED) is 0.386. The molecule has 0 radical (unpaired) electrons. The van der Waals surface area contributed by atoms with Crippen LogP contribution in [0.15, 0.2) is 47.5 Å². The molecule has 0 heterocycles. The van der Waals surface area contributed by atoms with Crippen LogP contribution in [0.25, 0.3) is 0 Å². The van der Waals surface area contributed by atoms with E-state index >= 15 is 0 Å². The van der Waals surface area contributed by atoms with Crippen LogP contribution < -0.4 is 16.0 Å². The fourth-order valence-electron chi connectivity index (χ4n) is 2.41. The molecule has 7 heteroatoms. The summed E-state index contributed by atoms with van der Waals surface area (Å²) in [4.78, 5) is 16.6. The smallest absolute Gasteiger partial charge is 0.252 e. The Bertz CT molecular complexity index is 810. The molecule has 3 N–H and O–H groups in total. The molecule has 0 unspecified atom stereocenters. The number of aliphatic imine (C=N–C) groups is 1. The highest BCUT2D eigenvalue weighted by Gasteiger charge is 2.08. The predicted octanol–water partition coefficient (Wildman–Crippen LogP) is 3.27. The predicted molar refractivity (Wildman–Crippen MR) is 108 cm³/mol. The summed E-state index contributed by atoms with van der Waals surface area (Å²) < 4.78 is 13.3. The standard InChI is InChI=1S/C20H24ClFN4O/c1-3-23-20(26-13-15-8-9-18(22)14(2)12-15)25-11-10-24-19(27)16-6-4-5-7-17(16)21/h4-9,12H,3,10-11,13H2,1-2H3,(H,24,27)(H2,23,25,26). The maximum atomic E-state index is 13.3. The zero-order chi connectivity index (χ0) is 19.6. The highest BCUT2D eigenvalue weighted by atomic mass is 35.5. The molecule has 2 aromatic carbocycles. The number of carbonyl (C=O) groups is 1. The van der Waals surface area contributed by atoms with Crippen molar-refractivity contribution < 1.29 is 9.18 Å². The first-order valence-electron chi connectivity index (χ1n) is 8.81. The number of benzene rings is 2. The van der Waals surface area contributed by atoms with Crippen molar-refractivity contribution in [2.24, 2.45) is 4.99 Å². The third-order valence-electron chi connectivity index (χ3n) is 3.81. The third-order valence-corrected chi connectivity index (χ3v) is 4.14. The average Bonchev–Trinajstić information content (AvgIpc) is 2.66. The van der Waals surface area contributed by atoms with E-state index in [9.17, 15) is 9.18 Å². The van der Waals surface area contributed by atoms with Crippen molar-refractivity contribution >= 4 is 23.5 Å². The topological polar surface area (TPSA) is 65.5 Å². The highest BCUT2D eigenvalue weighted by molar-refractivity contribution is 6.33. The van der Waals surface area contributed by atoms with E-state index in [-0.39, 0.29) is 11.7 Å². The van der Waals surface area contributed by atoms with Crippen LogP contribution >= 0.6 is 11.6 Å². The Labute approximate surface area is 164 Å². The molecule has 0 aromatic heterocycles. The molecule has 0 atom stereocenters. The molecule has 1 amide bonds. The van der Waals surface area contributed by atoms with Crippen molar-refractivity contribution in [3.05, 3.63) is 70.0 Å². The molecule has 2 rings (SSSR count). The summed E-state index contributed by atoms with van der Waals surface area (Å²) in [7, 11) is 0. The normalized spacial score (nSPS) is 11.2. The van der Waals surface area contributed by atoms with Gasteiger partial charge in [0.15, 0.2) is 5.96 Å². The van der Waals surface area contributed by atoms with Crippen molar-refractivity contribution in [2.75, 3.05) is 19.6 Å². The molecule has 144 valence electrons. The first kappa shape index (κ1) is 20.7. The highest BCUT2D eigenvalue weighted by Crippen LogP contribution is 2.14. The van der Waals surface area contributed by atoms with Gasteiger partial charge in [-0.05, 0) is 43.2 Å². The first-order valence-corrected chi connectivity index (χ1v) is 9.19. The van der Waals surface area contributed by atoms with Crippen molar-refractivity contribution in [1.29, 1.82) is 0 Å². The van der Waals surface area contributed by atoms with E-state index in [0.717, 1.165) is 5.56 Å². The summed E-state index contributed by atoms with van der Waals surface area (Å²) in [6.07, 6.45) is 0. The zero-order valence-corrected chi connectivity index (χ0v) is 16.2. The molecular weight excluding hydrogens is 367 g/mol. The summed E-state index contributed by atoms with van der Waals surface area (Å²) in [5, 5.41) is 9.53. The number of halogens is 2. The van der Waals surface area contributed by atoms with Crippen LogP contribution in [-0.2, 0) is 6.54 Å². The number of rotatable bonds is 7. The van der Waals surface area contributed by atoms with Gasteiger partial charge >= 0.3 is 0 Å². The summed E-state index contributed by atoms with van der Waals surface area (Å²) >= 11 is 6.01. The molecular formula is C20H24ClFN4O. The largest absolute Gasteiger partial charge is 0.357 e. The van der Waals surface area contributed by atoms with Crippen molar-refractivity contribution in [3.8, 4) is 0 Å². The van der Waals surface area contributed by atoms with Gasteiger partial charge in [-0.1, -0.05) is 35.9 Å². The second kappa shape index (κ2) is 10.5. The minimum absolute atomic E-state index is 0.217. The lowest BCUT2D eigenvalue weighted by Crippen LogP contribution is -2.41. The first-order chi connectivity index (χ1) is 13.0. The molecule has 0 saturated carbocycles.